The molecule has 3 rings (SSSR count). The standard InChI is InChI=1S/C13H22N4O2S/c1-9-4-3-7-17(9)20(18,19)13-12(10(2)15-16-13)8-14-11-5-6-11/h9,11,14H,3-8H2,1-2H3,(H,15,16). The van der Waals surface area contributed by atoms with Gasteiger partial charge in [0.2, 0.25) is 0 Å². The number of nitrogens with one attached hydrogen (secondary N) is 2. The van der Waals surface area contributed by atoms with E-state index in [1.54, 1.807) is 4.31 Å². The van der Waals surface area contributed by atoms with E-state index in [-0.39, 0.29) is 11.1 Å². The van der Waals surface area contributed by atoms with Crippen LogP contribution in [0.15, 0.2) is 5.03 Å². The Morgan fingerprint density at radius 3 is 2.75 bits per heavy atom. The Morgan fingerprint density at radius 2 is 2.15 bits per heavy atom. The fourth-order valence-corrected chi connectivity index (χ4v) is 4.63. The van der Waals surface area contributed by atoms with Crippen molar-refractivity contribution in [1.29, 1.82) is 0 Å². The molecule has 1 atom stereocenters. The van der Waals surface area contributed by atoms with Gasteiger partial charge in [0, 0.05) is 36.4 Å². The molecule has 1 aromatic heterocycles. The Balaban J connectivity index is 1.88. The highest BCUT2D eigenvalue weighted by Gasteiger charge is 2.36. The van der Waals surface area contributed by atoms with Gasteiger partial charge in [-0.2, -0.15) is 9.40 Å². The second kappa shape index (κ2) is 5.13. The van der Waals surface area contributed by atoms with E-state index < -0.39 is 10.0 Å². The van der Waals surface area contributed by atoms with Crippen LogP contribution >= 0.6 is 0 Å². The molecule has 2 heterocycles. The lowest BCUT2D eigenvalue weighted by atomic mass is 10.2. The van der Waals surface area contributed by atoms with Crippen LogP contribution in [0.5, 0.6) is 0 Å². The van der Waals surface area contributed by atoms with Crippen molar-refractivity contribution in [3.8, 4) is 0 Å². The molecule has 6 nitrogen and oxygen atoms in total. The Labute approximate surface area is 120 Å². The van der Waals surface area contributed by atoms with Crippen LogP contribution in [0.4, 0.5) is 0 Å². The molecule has 112 valence electrons. The van der Waals surface area contributed by atoms with Gasteiger partial charge in [0.15, 0.2) is 5.03 Å². The molecule has 7 heteroatoms. The van der Waals surface area contributed by atoms with Gasteiger partial charge in [-0.25, -0.2) is 8.42 Å². The van der Waals surface area contributed by atoms with E-state index in [2.05, 4.69) is 15.5 Å². The normalized spacial score (nSPS) is 24.4. The van der Waals surface area contributed by atoms with Gasteiger partial charge >= 0.3 is 0 Å². The highest BCUT2D eigenvalue weighted by molar-refractivity contribution is 7.89. The minimum Gasteiger partial charge on any atom is -0.310 e. The molecule has 1 saturated carbocycles. The van der Waals surface area contributed by atoms with E-state index in [1.165, 1.54) is 12.8 Å². The fraction of sp³-hybridized carbons (Fsp3) is 0.769. The van der Waals surface area contributed by atoms with Crippen molar-refractivity contribution in [1.82, 2.24) is 19.8 Å². The highest BCUT2D eigenvalue weighted by atomic mass is 32.2. The summed E-state index contributed by atoms with van der Waals surface area (Å²) in [5.41, 5.74) is 1.62. The Morgan fingerprint density at radius 1 is 1.40 bits per heavy atom. The summed E-state index contributed by atoms with van der Waals surface area (Å²) in [5.74, 6) is 0. The smallest absolute Gasteiger partial charge is 0.262 e. The lowest BCUT2D eigenvalue weighted by molar-refractivity contribution is 0.405. The second-order valence-electron chi connectivity index (χ2n) is 5.89. The average molecular weight is 298 g/mol. The fourth-order valence-electron chi connectivity index (χ4n) is 2.76. The number of aryl methyl sites for hydroxylation is 1. The topological polar surface area (TPSA) is 78.1 Å². The van der Waals surface area contributed by atoms with Crippen molar-refractivity contribution < 1.29 is 8.42 Å². The predicted molar refractivity (Wildman–Crippen MR) is 75.8 cm³/mol. The molecule has 0 spiro atoms. The zero-order valence-corrected chi connectivity index (χ0v) is 12.8. The zero-order chi connectivity index (χ0) is 14.3. The first kappa shape index (κ1) is 14.0. The first-order chi connectivity index (χ1) is 9.50. The van der Waals surface area contributed by atoms with Crippen molar-refractivity contribution in [3.63, 3.8) is 0 Å². The zero-order valence-electron chi connectivity index (χ0n) is 12.0. The maximum absolute atomic E-state index is 12.8. The third kappa shape index (κ3) is 2.49. The maximum atomic E-state index is 12.8. The van der Waals surface area contributed by atoms with Gasteiger partial charge in [-0.05, 0) is 39.5 Å². The summed E-state index contributed by atoms with van der Waals surface area (Å²) in [5, 5.41) is 10.5. The van der Waals surface area contributed by atoms with Crippen molar-refractivity contribution in [2.24, 2.45) is 0 Å². The minimum absolute atomic E-state index is 0.0706. The average Bonchev–Trinajstić information content (AvgIpc) is 3.00. The summed E-state index contributed by atoms with van der Waals surface area (Å²) < 4.78 is 27.1. The van der Waals surface area contributed by atoms with Crippen LogP contribution in [0.1, 0.15) is 43.9 Å². The summed E-state index contributed by atoms with van der Waals surface area (Å²) >= 11 is 0. The van der Waals surface area contributed by atoms with Crippen LogP contribution in [0.3, 0.4) is 0 Å². The number of nitrogens with zero attached hydrogens (tertiary/aromatic N) is 2. The number of aromatic nitrogens is 2. The van der Waals surface area contributed by atoms with Gasteiger partial charge in [0.05, 0.1) is 0 Å². The molecule has 1 aromatic rings. The van der Waals surface area contributed by atoms with Gasteiger partial charge in [-0.15, -0.1) is 0 Å². The lowest BCUT2D eigenvalue weighted by Crippen LogP contribution is -2.34. The van der Waals surface area contributed by atoms with Crippen LogP contribution in [0.2, 0.25) is 0 Å². The monoisotopic (exact) mass is 298 g/mol. The Kier molecular flexibility index (Phi) is 3.60. The molecule has 2 N–H and O–H groups in total. The predicted octanol–water partition coefficient (Wildman–Crippen LogP) is 1.14. The number of aromatic amines is 1. The van der Waals surface area contributed by atoms with Crippen LogP contribution in [0.25, 0.3) is 0 Å². The van der Waals surface area contributed by atoms with Crippen molar-refractivity contribution in [2.45, 2.75) is 63.2 Å². The van der Waals surface area contributed by atoms with Gasteiger partial charge in [0.25, 0.3) is 10.0 Å². The van der Waals surface area contributed by atoms with Crippen LogP contribution < -0.4 is 5.32 Å². The lowest BCUT2D eigenvalue weighted by Gasteiger charge is -2.20. The molecule has 0 radical (unpaired) electrons. The van der Waals surface area contributed by atoms with E-state index >= 15 is 0 Å². The summed E-state index contributed by atoms with van der Waals surface area (Å²) in [6.45, 7) is 5.02. The quantitative estimate of drug-likeness (QED) is 0.854. The third-order valence-electron chi connectivity index (χ3n) is 4.23. The van der Waals surface area contributed by atoms with Crippen molar-refractivity contribution in [2.75, 3.05) is 6.54 Å². The Hall–Kier alpha value is -0.920. The maximum Gasteiger partial charge on any atom is 0.262 e. The summed E-state index contributed by atoms with van der Waals surface area (Å²) in [6.07, 6.45) is 4.22. The molecule has 1 aliphatic heterocycles. The minimum atomic E-state index is -3.47. The molecule has 1 saturated heterocycles. The van der Waals surface area contributed by atoms with Gasteiger partial charge in [-0.3, -0.25) is 5.10 Å². The van der Waals surface area contributed by atoms with Crippen molar-refractivity contribution >= 4 is 10.0 Å². The second-order valence-corrected chi connectivity index (χ2v) is 7.70. The number of H-pyrrole nitrogens is 1. The van der Waals surface area contributed by atoms with E-state index in [0.717, 1.165) is 24.1 Å². The molecule has 0 aromatic carbocycles. The first-order valence-electron chi connectivity index (χ1n) is 7.29. The first-order valence-corrected chi connectivity index (χ1v) is 8.73. The molecule has 2 fully saturated rings. The summed E-state index contributed by atoms with van der Waals surface area (Å²) in [4.78, 5) is 0. The van der Waals surface area contributed by atoms with Gasteiger partial charge in [0.1, 0.15) is 0 Å². The molecule has 1 unspecified atom stereocenters. The highest BCUT2D eigenvalue weighted by Crippen LogP contribution is 2.28. The number of hydrogen-bond donors (Lipinski definition) is 2. The van der Waals surface area contributed by atoms with Gasteiger partial charge < -0.3 is 5.32 Å². The number of hydrogen-bond acceptors (Lipinski definition) is 4. The van der Waals surface area contributed by atoms with Gasteiger partial charge in [-0.1, -0.05) is 0 Å². The van der Waals surface area contributed by atoms with E-state index in [1.807, 2.05) is 13.8 Å². The van der Waals surface area contributed by atoms with Crippen LogP contribution in [-0.2, 0) is 16.6 Å². The number of rotatable bonds is 5. The Bertz CT molecular complexity index is 592. The summed E-state index contributed by atoms with van der Waals surface area (Å²) in [7, 11) is -3.47. The van der Waals surface area contributed by atoms with E-state index in [0.29, 0.717) is 19.1 Å². The van der Waals surface area contributed by atoms with Crippen LogP contribution in [0, 0.1) is 6.92 Å². The van der Waals surface area contributed by atoms with E-state index in [9.17, 15) is 8.42 Å². The molecule has 0 bridgehead atoms. The molecule has 20 heavy (non-hydrogen) atoms. The molecular formula is C13H22N4O2S. The molecule has 2 aliphatic rings. The van der Waals surface area contributed by atoms with E-state index in [4.69, 9.17) is 0 Å². The largest absolute Gasteiger partial charge is 0.310 e. The van der Waals surface area contributed by atoms with Crippen molar-refractivity contribution in [3.05, 3.63) is 11.3 Å². The van der Waals surface area contributed by atoms with Crippen LogP contribution in [-0.4, -0.2) is 41.5 Å². The number of sulfonamides is 1. The molecular weight excluding hydrogens is 276 g/mol. The SMILES string of the molecule is Cc1[nH]nc(S(=O)(=O)N2CCCC2C)c1CNC1CC1. The molecule has 1 aliphatic carbocycles. The summed E-state index contributed by atoms with van der Waals surface area (Å²) in [6, 6.07) is 0.617. The molecule has 0 amide bonds. The third-order valence-corrected chi connectivity index (χ3v) is 6.21.